The second kappa shape index (κ2) is 7.05. The van der Waals surface area contributed by atoms with Crippen LogP contribution in [-0.4, -0.2) is 53.0 Å². The molecule has 2 fully saturated rings. The molecule has 1 saturated heterocycles. The van der Waals surface area contributed by atoms with Crippen LogP contribution in [0.3, 0.4) is 0 Å². The Kier molecular flexibility index (Phi) is 4.76. The highest BCUT2D eigenvalue weighted by Gasteiger charge is 2.41. The second-order valence-corrected chi connectivity index (χ2v) is 9.90. The number of nitrogens with one attached hydrogen (secondary N) is 1. The van der Waals surface area contributed by atoms with Crippen molar-refractivity contribution in [1.82, 2.24) is 19.6 Å². The number of amides is 1. The van der Waals surface area contributed by atoms with Crippen molar-refractivity contribution in [2.24, 2.45) is 0 Å². The van der Waals surface area contributed by atoms with E-state index in [-0.39, 0.29) is 17.2 Å². The minimum absolute atomic E-state index is 0.000344. The van der Waals surface area contributed by atoms with E-state index in [0.29, 0.717) is 30.8 Å². The highest BCUT2D eigenvalue weighted by Crippen LogP contribution is 2.32. The van der Waals surface area contributed by atoms with Crippen LogP contribution in [0.5, 0.6) is 0 Å². The maximum absolute atomic E-state index is 12.5. The quantitative estimate of drug-likeness (QED) is 0.839. The number of piperidine rings is 1. The topological polar surface area (TPSA) is 92.3 Å². The molecule has 0 spiro atoms. The van der Waals surface area contributed by atoms with Gasteiger partial charge in [-0.1, -0.05) is 0 Å². The van der Waals surface area contributed by atoms with Crippen LogP contribution in [0, 0.1) is 0 Å². The molecule has 1 amide bonds. The Morgan fingerprint density at radius 2 is 1.85 bits per heavy atom. The zero-order valence-corrected chi connectivity index (χ0v) is 15.8. The molecule has 1 N–H and O–H groups in total. The molecule has 1 saturated carbocycles. The van der Waals surface area contributed by atoms with E-state index in [0.717, 1.165) is 23.4 Å². The zero-order valence-electron chi connectivity index (χ0n) is 14.2. The summed E-state index contributed by atoms with van der Waals surface area (Å²) in [6.45, 7) is 0.962. The fourth-order valence-electron chi connectivity index (χ4n) is 3.09. The van der Waals surface area contributed by atoms with E-state index >= 15 is 0 Å². The van der Waals surface area contributed by atoms with Crippen LogP contribution in [0.4, 0.5) is 0 Å². The average Bonchev–Trinajstić information content (AvgIpc) is 3.41. The summed E-state index contributed by atoms with van der Waals surface area (Å²) in [6, 6.07) is 3.72. The number of rotatable bonds is 5. The minimum atomic E-state index is -3.11. The summed E-state index contributed by atoms with van der Waals surface area (Å²) in [4.78, 5) is 21.3. The van der Waals surface area contributed by atoms with E-state index in [1.54, 1.807) is 22.9 Å². The highest BCUT2D eigenvalue weighted by molar-refractivity contribution is 7.90. The summed E-state index contributed by atoms with van der Waals surface area (Å²) in [5.41, 5.74) is 0.933. The van der Waals surface area contributed by atoms with E-state index in [2.05, 4.69) is 15.3 Å². The van der Waals surface area contributed by atoms with E-state index in [1.807, 2.05) is 12.1 Å². The molecule has 3 heterocycles. The van der Waals surface area contributed by atoms with Gasteiger partial charge in [-0.15, -0.1) is 11.3 Å². The summed E-state index contributed by atoms with van der Waals surface area (Å²) in [6.07, 6.45) is 7.83. The van der Waals surface area contributed by atoms with Crippen molar-refractivity contribution in [2.75, 3.05) is 13.1 Å². The van der Waals surface area contributed by atoms with Crippen molar-refractivity contribution in [3.05, 3.63) is 35.6 Å². The summed E-state index contributed by atoms with van der Waals surface area (Å²) in [5, 5.41) is 3.63. The van der Waals surface area contributed by atoms with Gasteiger partial charge in [0, 0.05) is 37.1 Å². The first kappa shape index (κ1) is 17.6. The lowest BCUT2D eigenvalue weighted by molar-refractivity contribution is 0.0927. The van der Waals surface area contributed by atoms with E-state index in [1.165, 1.54) is 11.3 Å². The lowest BCUT2D eigenvalue weighted by Crippen LogP contribution is -2.47. The van der Waals surface area contributed by atoms with Crippen LogP contribution in [0.2, 0.25) is 0 Å². The molecule has 2 aromatic heterocycles. The van der Waals surface area contributed by atoms with Gasteiger partial charge in [0.2, 0.25) is 10.0 Å². The standard InChI is InChI=1S/C17H20N4O3S2/c22-16(15-11-19-17(25-15)12-3-7-18-8-4-12)20-13-5-9-21(10-6-13)26(23,24)14-1-2-14/h3-4,7-8,11,13-14H,1-2,5-6,9-10H2,(H,20,22). The maximum Gasteiger partial charge on any atom is 0.263 e. The zero-order chi connectivity index (χ0) is 18.1. The largest absolute Gasteiger partial charge is 0.348 e. The Bertz CT molecular complexity index is 886. The number of hydrogen-bond acceptors (Lipinski definition) is 6. The van der Waals surface area contributed by atoms with Gasteiger partial charge in [0.25, 0.3) is 5.91 Å². The number of hydrogen-bond donors (Lipinski definition) is 1. The first-order valence-electron chi connectivity index (χ1n) is 8.70. The van der Waals surface area contributed by atoms with E-state index in [4.69, 9.17) is 0 Å². The Balaban J connectivity index is 1.34. The number of thiazole rings is 1. The van der Waals surface area contributed by atoms with Crippen LogP contribution >= 0.6 is 11.3 Å². The Labute approximate surface area is 156 Å². The summed E-state index contributed by atoms with van der Waals surface area (Å²) < 4.78 is 26.1. The van der Waals surface area contributed by atoms with Gasteiger partial charge in [0.05, 0.1) is 11.4 Å². The predicted octanol–water partition coefficient (Wildman–Crippen LogP) is 1.89. The smallest absolute Gasteiger partial charge is 0.263 e. The molecule has 4 rings (SSSR count). The number of carbonyl (C=O) groups is 1. The van der Waals surface area contributed by atoms with Crippen molar-refractivity contribution in [1.29, 1.82) is 0 Å². The number of sulfonamides is 1. The SMILES string of the molecule is O=C(NC1CCN(S(=O)(=O)C2CC2)CC1)c1cnc(-c2ccncc2)s1. The molecule has 2 aromatic rings. The first-order valence-corrected chi connectivity index (χ1v) is 11.0. The highest BCUT2D eigenvalue weighted by atomic mass is 32.2. The fourth-order valence-corrected chi connectivity index (χ4v) is 5.79. The van der Waals surface area contributed by atoms with Crippen molar-refractivity contribution in [3.8, 4) is 10.6 Å². The Morgan fingerprint density at radius 3 is 2.50 bits per heavy atom. The Morgan fingerprint density at radius 1 is 1.15 bits per heavy atom. The fraction of sp³-hybridized carbons (Fsp3) is 0.471. The molecule has 138 valence electrons. The Hall–Kier alpha value is -1.84. The molecular weight excluding hydrogens is 372 g/mol. The van der Waals surface area contributed by atoms with Gasteiger partial charge in [-0.25, -0.2) is 17.7 Å². The lowest BCUT2D eigenvalue weighted by atomic mass is 10.1. The molecule has 9 heteroatoms. The molecule has 0 radical (unpaired) electrons. The third-order valence-corrected chi connectivity index (χ3v) is 8.20. The van der Waals surface area contributed by atoms with Gasteiger partial charge in [0.15, 0.2) is 0 Å². The summed E-state index contributed by atoms with van der Waals surface area (Å²) >= 11 is 1.34. The molecule has 2 aliphatic rings. The molecule has 0 aromatic carbocycles. The molecule has 0 atom stereocenters. The molecule has 26 heavy (non-hydrogen) atoms. The van der Waals surface area contributed by atoms with Crippen LogP contribution in [0.1, 0.15) is 35.4 Å². The average molecular weight is 393 g/mol. The third kappa shape index (κ3) is 3.65. The minimum Gasteiger partial charge on any atom is -0.348 e. The van der Waals surface area contributed by atoms with Crippen molar-refractivity contribution < 1.29 is 13.2 Å². The first-order chi connectivity index (χ1) is 12.5. The van der Waals surface area contributed by atoms with Crippen LogP contribution in [0.15, 0.2) is 30.7 Å². The molecular formula is C17H20N4O3S2. The maximum atomic E-state index is 12.5. The van der Waals surface area contributed by atoms with Crippen LogP contribution in [0.25, 0.3) is 10.6 Å². The molecule has 1 aliphatic carbocycles. The van der Waals surface area contributed by atoms with Gasteiger partial charge in [-0.2, -0.15) is 0 Å². The van der Waals surface area contributed by atoms with Crippen molar-refractivity contribution in [2.45, 2.75) is 37.0 Å². The monoisotopic (exact) mass is 392 g/mol. The number of aromatic nitrogens is 2. The van der Waals surface area contributed by atoms with E-state index in [9.17, 15) is 13.2 Å². The predicted molar refractivity (Wildman–Crippen MR) is 99.3 cm³/mol. The summed E-state index contributed by atoms with van der Waals surface area (Å²) in [5.74, 6) is -0.147. The number of carbonyl (C=O) groups excluding carboxylic acids is 1. The summed E-state index contributed by atoms with van der Waals surface area (Å²) in [7, 11) is -3.11. The lowest BCUT2D eigenvalue weighted by Gasteiger charge is -2.31. The van der Waals surface area contributed by atoms with Crippen molar-refractivity contribution >= 4 is 27.3 Å². The van der Waals surface area contributed by atoms with E-state index < -0.39 is 10.0 Å². The van der Waals surface area contributed by atoms with Crippen LogP contribution in [-0.2, 0) is 10.0 Å². The normalized spacial score (nSPS) is 19.4. The number of pyridine rings is 1. The second-order valence-electron chi connectivity index (χ2n) is 6.66. The van der Waals surface area contributed by atoms with Crippen LogP contribution < -0.4 is 5.32 Å². The van der Waals surface area contributed by atoms with Gasteiger partial charge in [-0.05, 0) is 37.8 Å². The third-order valence-electron chi connectivity index (χ3n) is 4.75. The number of nitrogens with zero attached hydrogens (tertiary/aromatic N) is 3. The van der Waals surface area contributed by atoms with Gasteiger partial charge >= 0.3 is 0 Å². The van der Waals surface area contributed by atoms with Gasteiger partial charge < -0.3 is 5.32 Å². The molecule has 0 bridgehead atoms. The van der Waals surface area contributed by atoms with Gasteiger partial charge in [-0.3, -0.25) is 9.78 Å². The molecule has 1 aliphatic heterocycles. The van der Waals surface area contributed by atoms with Gasteiger partial charge in [0.1, 0.15) is 9.88 Å². The molecule has 7 nitrogen and oxygen atoms in total. The van der Waals surface area contributed by atoms with Crippen molar-refractivity contribution in [3.63, 3.8) is 0 Å². The molecule has 0 unspecified atom stereocenters.